The molecule has 1 rings (SSSR count). The number of aliphatic hydroxyl groups is 4. The Kier molecular flexibility index (Phi) is 5.39. The molecule has 5 atom stereocenters. The Bertz CT molecular complexity index is 258. The first-order valence-electron chi connectivity index (χ1n) is 5.11. The molecule has 0 saturated carbocycles. The van der Waals surface area contributed by atoms with Gasteiger partial charge in [-0.15, -0.1) is 12.4 Å². The summed E-state index contributed by atoms with van der Waals surface area (Å²) in [6.07, 6.45) is -5.51. The van der Waals surface area contributed by atoms with Gasteiger partial charge in [0.2, 0.25) is 5.91 Å². The third-order valence-corrected chi connectivity index (χ3v) is 2.23. The molecule has 5 N–H and O–H groups in total. The molecular formula is C8H16ClNO6. The summed E-state index contributed by atoms with van der Waals surface area (Å²) >= 11 is 0. The highest BCUT2D eigenvalue weighted by Crippen LogP contribution is 2.19. The van der Waals surface area contributed by atoms with Crippen LogP contribution in [0.15, 0.2) is 0 Å². The van der Waals surface area contributed by atoms with Gasteiger partial charge in [-0.1, -0.05) is 0 Å². The number of nitrogens with one attached hydrogen (secondary N) is 1. The third-order valence-electron chi connectivity index (χ3n) is 2.23. The van der Waals surface area contributed by atoms with Crippen LogP contribution in [0, 0.1) is 0 Å². The number of ether oxygens (including phenoxy) is 1. The van der Waals surface area contributed by atoms with E-state index in [0.29, 0.717) is 0 Å². The Hall–Kier alpha value is -0.440. The van der Waals surface area contributed by atoms with Crippen molar-refractivity contribution in [3.63, 3.8) is 0 Å². The lowest BCUT2D eigenvalue weighted by Gasteiger charge is -2.40. The average Bonchev–Trinajstić information content (AvgIpc) is 2.28. The van der Waals surface area contributed by atoms with Crippen LogP contribution in [0.25, 0.3) is 0 Å². The number of hydrogen-bond donors (Lipinski definition) is 5. The van der Waals surface area contributed by atoms with Crippen molar-refractivity contribution in [1.29, 1.82) is 0 Å². The summed E-state index contributed by atoms with van der Waals surface area (Å²) in [6, 6.07) is -1.21. The van der Waals surface area contributed by atoms with Crippen LogP contribution in [0.1, 0.15) is 8.27 Å². The van der Waals surface area contributed by atoms with Gasteiger partial charge in [-0.25, -0.2) is 0 Å². The zero-order valence-electron chi connectivity index (χ0n) is 9.31. The van der Waals surface area contributed by atoms with Gasteiger partial charge in [-0.2, -0.15) is 0 Å². The number of amides is 1. The molecule has 1 unspecified atom stereocenters. The Morgan fingerprint density at radius 1 is 1.44 bits per heavy atom. The van der Waals surface area contributed by atoms with E-state index in [0.717, 1.165) is 0 Å². The normalized spacial score (nSPS) is 39.5. The molecule has 0 aromatic rings. The maximum atomic E-state index is 10.9. The van der Waals surface area contributed by atoms with E-state index in [1.807, 2.05) is 0 Å². The average molecular weight is 259 g/mol. The second-order valence-electron chi connectivity index (χ2n) is 3.32. The molecule has 7 nitrogen and oxygen atoms in total. The first kappa shape index (κ1) is 13.6. The zero-order valence-corrected chi connectivity index (χ0v) is 9.13. The molecule has 1 fully saturated rings. The predicted octanol–water partition coefficient (Wildman–Crippen LogP) is -2.66. The lowest BCUT2D eigenvalue weighted by Crippen LogP contribution is -2.63. The molecule has 1 aliphatic rings. The van der Waals surface area contributed by atoms with Crippen molar-refractivity contribution < 1.29 is 31.3 Å². The molecule has 1 aliphatic heterocycles. The van der Waals surface area contributed by atoms with Crippen LogP contribution >= 0.6 is 12.4 Å². The molecule has 8 heteroatoms. The summed E-state index contributed by atoms with van der Waals surface area (Å²) in [7, 11) is 0. The van der Waals surface area contributed by atoms with Crippen molar-refractivity contribution in [2.24, 2.45) is 0 Å². The SMILES string of the molecule is Cl.[2H]CC(=O)N[C@H]1C(O)O[C@H](CO)[C@H](O)[C@@H]1O. The lowest BCUT2D eigenvalue weighted by molar-refractivity contribution is -0.253. The highest BCUT2D eigenvalue weighted by molar-refractivity contribution is 5.85. The van der Waals surface area contributed by atoms with Gasteiger partial charge >= 0.3 is 0 Å². The molecule has 0 aliphatic carbocycles. The van der Waals surface area contributed by atoms with E-state index in [1.165, 1.54) is 0 Å². The summed E-state index contributed by atoms with van der Waals surface area (Å²) in [5, 5.41) is 39.4. The van der Waals surface area contributed by atoms with Gasteiger partial charge in [-0.05, 0) is 0 Å². The highest BCUT2D eigenvalue weighted by Gasteiger charge is 2.43. The molecule has 1 heterocycles. The van der Waals surface area contributed by atoms with Crippen LogP contribution in [0.2, 0.25) is 0 Å². The first-order valence-corrected chi connectivity index (χ1v) is 4.40. The second-order valence-corrected chi connectivity index (χ2v) is 3.32. The summed E-state index contributed by atoms with van der Waals surface area (Å²) in [5.74, 6) is -0.707. The van der Waals surface area contributed by atoms with Crippen LogP contribution in [0.4, 0.5) is 0 Å². The maximum Gasteiger partial charge on any atom is 0.217 e. The first-order chi connectivity index (χ1) is 7.51. The van der Waals surface area contributed by atoms with Crippen LogP contribution in [-0.4, -0.2) is 63.6 Å². The number of rotatable bonds is 2. The van der Waals surface area contributed by atoms with Gasteiger partial charge in [0.15, 0.2) is 6.29 Å². The zero-order chi connectivity index (χ0) is 12.3. The van der Waals surface area contributed by atoms with Crippen molar-refractivity contribution in [2.75, 3.05) is 6.61 Å². The van der Waals surface area contributed by atoms with E-state index in [2.05, 4.69) is 5.32 Å². The molecule has 1 amide bonds. The van der Waals surface area contributed by atoms with Gasteiger partial charge < -0.3 is 30.5 Å². The van der Waals surface area contributed by atoms with Gasteiger partial charge in [0.25, 0.3) is 0 Å². The minimum atomic E-state index is -1.54. The van der Waals surface area contributed by atoms with Crippen LogP contribution < -0.4 is 5.32 Å². The third kappa shape index (κ3) is 3.27. The smallest absolute Gasteiger partial charge is 0.217 e. The van der Waals surface area contributed by atoms with E-state index >= 15 is 0 Å². The van der Waals surface area contributed by atoms with Gasteiger partial charge in [-0.3, -0.25) is 4.79 Å². The van der Waals surface area contributed by atoms with E-state index in [1.54, 1.807) is 0 Å². The van der Waals surface area contributed by atoms with Crippen molar-refractivity contribution in [3.8, 4) is 0 Å². The quantitative estimate of drug-likeness (QED) is 0.369. The van der Waals surface area contributed by atoms with Crippen LogP contribution in [0.5, 0.6) is 0 Å². The second kappa shape index (κ2) is 6.33. The molecule has 0 aromatic heterocycles. The number of halogens is 1. The standard InChI is InChI=1S/C8H15NO6.ClH/c1-3(11)9-5-7(13)6(12)4(2-10)15-8(5)14;/h4-8,10,12-14H,2H2,1H3,(H,9,11);1H/t4-,5-,6+,7-,8?;/m1./s1/i1D;. The van der Waals surface area contributed by atoms with Crippen molar-refractivity contribution in [1.82, 2.24) is 5.32 Å². The van der Waals surface area contributed by atoms with Crippen LogP contribution in [0.3, 0.4) is 0 Å². The van der Waals surface area contributed by atoms with Gasteiger partial charge in [0, 0.05) is 8.27 Å². The minimum Gasteiger partial charge on any atom is -0.394 e. The molecule has 0 radical (unpaired) electrons. The molecule has 0 spiro atoms. The molecule has 96 valence electrons. The van der Waals surface area contributed by atoms with E-state index < -0.39 is 50.1 Å². The van der Waals surface area contributed by atoms with Gasteiger partial charge in [0.05, 0.1) is 6.61 Å². The fourth-order valence-corrected chi connectivity index (χ4v) is 1.44. The monoisotopic (exact) mass is 258 g/mol. The van der Waals surface area contributed by atoms with E-state index in [9.17, 15) is 20.1 Å². The predicted molar refractivity (Wildman–Crippen MR) is 54.8 cm³/mol. The van der Waals surface area contributed by atoms with Crippen LogP contribution in [-0.2, 0) is 9.53 Å². The fourth-order valence-electron chi connectivity index (χ4n) is 1.44. The van der Waals surface area contributed by atoms with Crippen molar-refractivity contribution in [2.45, 2.75) is 37.5 Å². The Morgan fingerprint density at radius 3 is 2.56 bits per heavy atom. The molecule has 16 heavy (non-hydrogen) atoms. The Balaban J connectivity index is 0.00000256. The number of carbonyl (C=O) groups excluding carboxylic acids is 1. The van der Waals surface area contributed by atoms with Crippen molar-refractivity contribution >= 4 is 18.3 Å². The Labute approximate surface area is 99.8 Å². The maximum absolute atomic E-state index is 10.9. The van der Waals surface area contributed by atoms with Gasteiger partial charge in [0.1, 0.15) is 24.4 Å². The minimum absolute atomic E-state index is 0. The molecule has 0 bridgehead atoms. The number of hydrogen-bond acceptors (Lipinski definition) is 6. The fraction of sp³-hybridized carbons (Fsp3) is 0.875. The summed E-state index contributed by atoms with van der Waals surface area (Å²) in [6.45, 7) is -1.12. The summed E-state index contributed by atoms with van der Waals surface area (Å²) in [5.41, 5.74) is 0. The largest absolute Gasteiger partial charge is 0.394 e. The van der Waals surface area contributed by atoms with E-state index in [4.69, 9.17) is 11.2 Å². The molecule has 0 aromatic carbocycles. The number of carbonyl (C=O) groups is 1. The topological polar surface area (TPSA) is 119 Å². The van der Waals surface area contributed by atoms with E-state index in [-0.39, 0.29) is 12.4 Å². The summed E-state index contributed by atoms with van der Waals surface area (Å²) < 4.78 is 11.6. The molecular weight excluding hydrogens is 242 g/mol. The lowest BCUT2D eigenvalue weighted by atomic mass is 9.97. The summed E-state index contributed by atoms with van der Waals surface area (Å²) in [4.78, 5) is 10.9. The number of aliphatic hydroxyl groups excluding tert-OH is 4. The Morgan fingerprint density at radius 2 is 2.06 bits per heavy atom. The highest BCUT2D eigenvalue weighted by atomic mass is 35.5. The van der Waals surface area contributed by atoms with Crippen molar-refractivity contribution in [3.05, 3.63) is 0 Å². The molecule has 1 saturated heterocycles.